The third-order valence-electron chi connectivity index (χ3n) is 3.97. The van der Waals surface area contributed by atoms with Crippen molar-refractivity contribution < 1.29 is 0 Å². The second-order valence-corrected chi connectivity index (χ2v) is 5.54. The van der Waals surface area contributed by atoms with Crippen molar-refractivity contribution in [3.8, 4) is 0 Å². The SMILES string of the molecule is CCC(C)n1ccc(CNC2CCC(C)C2)n1. The molecule has 2 rings (SSSR count). The van der Waals surface area contributed by atoms with Crippen LogP contribution >= 0.6 is 0 Å². The Morgan fingerprint density at radius 3 is 3.00 bits per heavy atom. The van der Waals surface area contributed by atoms with Gasteiger partial charge in [0.05, 0.1) is 5.69 Å². The van der Waals surface area contributed by atoms with Crippen LogP contribution in [0.25, 0.3) is 0 Å². The van der Waals surface area contributed by atoms with Crippen molar-refractivity contribution in [2.45, 2.75) is 65.1 Å². The van der Waals surface area contributed by atoms with Gasteiger partial charge in [0.15, 0.2) is 0 Å². The first-order valence-corrected chi connectivity index (χ1v) is 6.96. The molecule has 1 saturated carbocycles. The van der Waals surface area contributed by atoms with Crippen molar-refractivity contribution in [2.24, 2.45) is 5.92 Å². The first kappa shape index (κ1) is 12.6. The molecule has 0 amide bonds. The van der Waals surface area contributed by atoms with Crippen LogP contribution < -0.4 is 5.32 Å². The molecule has 1 N–H and O–H groups in total. The molecule has 0 aromatic carbocycles. The van der Waals surface area contributed by atoms with Gasteiger partial charge in [0, 0.05) is 24.8 Å². The number of hydrogen-bond acceptors (Lipinski definition) is 2. The minimum Gasteiger partial charge on any atom is -0.308 e. The molecular weight excluding hydrogens is 210 g/mol. The fourth-order valence-electron chi connectivity index (χ4n) is 2.55. The van der Waals surface area contributed by atoms with E-state index in [9.17, 15) is 0 Å². The van der Waals surface area contributed by atoms with Gasteiger partial charge in [-0.3, -0.25) is 4.68 Å². The topological polar surface area (TPSA) is 29.9 Å². The lowest BCUT2D eigenvalue weighted by molar-refractivity contribution is 0.461. The fourth-order valence-corrected chi connectivity index (χ4v) is 2.55. The van der Waals surface area contributed by atoms with Crippen molar-refractivity contribution >= 4 is 0 Å². The van der Waals surface area contributed by atoms with Crippen LogP contribution in [0, 0.1) is 5.92 Å². The number of nitrogens with one attached hydrogen (secondary N) is 1. The van der Waals surface area contributed by atoms with E-state index in [1.54, 1.807) is 0 Å². The van der Waals surface area contributed by atoms with Crippen molar-refractivity contribution in [2.75, 3.05) is 0 Å². The van der Waals surface area contributed by atoms with Gasteiger partial charge in [-0.05, 0) is 44.6 Å². The first-order valence-electron chi connectivity index (χ1n) is 6.96. The molecule has 17 heavy (non-hydrogen) atoms. The highest BCUT2D eigenvalue weighted by Gasteiger charge is 2.20. The smallest absolute Gasteiger partial charge is 0.0762 e. The molecule has 1 aromatic heterocycles. The summed E-state index contributed by atoms with van der Waals surface area (Å²) in [5.41, 5.74) is 1.17. The molecule has 3 unspecified atom stereocenters. The minimum absolute atomic E-state index is 0.509. The lowest BCUT2D eigenvalue weighted by Crippen LogP contribution is -2.26. The summed E-state index contributed by atoms with van der Waals surface area (Å²) in [7, 11) is 0. The highest BCUT2D eigenvalue weighted by Crippen LogP contribution is 2.24. The average molecular weight is 235 g/mol. The van der Waals surface area contributed by atoms with Crippen LogP contribution in [0.4, 0.5) is 0 Å². The van der Waals surface area contributed by atoms with Gasteiger partial charge in [-0.15, -0.1) is 0 Å². The first-order chi connectivity index (χ1) is 8.19. The molecule has 0 bridgehead atoms. The Hall–Kier alpha value is -0.830. The molecule has 0 aliphatic heterocycles. The van der Waals surface area contributed by atoms with Crippen LogP contribution in [-0.2, 0) is 6.54 Å². The predicted molar refractivity (Wildman–Crippen MR) is 70.9 cm³/mol. The van der Waals surface area contributed by atoms with E-state index >= 15 is 0 Å². The van der Waals surface area contributed by atoms with Crippen molar-refractivity contribution in [1.82, 2.24) is 15.1 Å². The summed E-state index contributed by atoms with van der Waals surface area (Å²) in [5, 5.41) is 8.24. The van der Waals surface area contributed by atoms with Crippen LogP contribution in [0.2, 0.25) is 0 Å². The molecular formula is C14H25N3. The predicted octanol–water partition coefficient (Wildman–Crippen LogP) is 3.13. The maximum absolute atomic E-state index is 4.62. The van der Waals surface area contributed by atoms with E-state index in [1.807, 2.05) is 0 Å². The number of aromatic nitrogens is 2. The van der Waals surface area contributed by atoms with Crippen LogP contribution in [0.3, 0.4) is 0 Å². The number of rotatable bonds is 5. The Morgan fingerprint density at radius 1 is 1.53 bits per heavy atom. The van der Waals surface area contributed by atoms with Crippen LogP contribution in [0.15, 0.2) is 12.3 Å². The largest absolute Gasteiger partial charge is 0.308 e. The van der Waals surface area contributed by atoms with Crippen molar-refractivity contribution in [1.29, 1.82) is 0 Å². The summed E-state index contributed by atoms with van der Waals surface area (Å²) < 4.78 is 2.08. The second kappa shape index (κ2) is 5.67. The van der Waals surface area contributed by atoms with E-state index in [0.717, 1.165) is 18.9 Å². The van der Waals surface area contributed by atoms with Crippen LogP contribution in [0.1, 0.15) is 58.2 Å². The summed E-state index contributed by atoms with van der Waals surface area (Å²) in [6, 6.07) is 3.35. The van der Waals surface area contributed by atoms with E-state index in [0.29, 0.717) is 12.1 Å². The van der Waals surface area contributed by atoms with Gasteiger partial charge < -0.3 is 5.32 Å². The molecule has 96 valence electrons. The Morgan fingerprint density at radius 2 is 2.35 bits per heavy atom. The zero-order chi connectivity index (χ0) is 12.3. The zero-order valence-corrected chi connectivity index (χ0v) is 11.3. The van der Waals surface area contributed by atoms with Gasteiger partial charge in [-0.25, -0.2) is 0 Å². The zero-order valence-electron chi connectivity index (χ0n) is 11.3. The quantitative estimate of drug-likeness (QED) is 0.849. The molecule has 3 heteroatoms. The maximum Gasteiger partial charge on any atom is 0.0762 e. The van der Waals surface area contributed by atoms with Crippen molar-refractivity contribution in [3.05, 3.63) is 18.0 Å². The summed E-state index contributed by atoms with van der Waals surface area (Å²) in [6.45, 7) is 7.67. The van der Waals surface area contributed by atoms with Crippen LogP contribution in [0.5, 0.6) is 0 Å². The highest BCUT2D eigenvalue weighted by atomic mass is 15.3. The van der Waals surface area contributed by atoms with Gasteiger partial charge >= 0.3 is 0 Å². The van der Waals surface area contributed by atoms with E-state index in [2.05, 4.69) is 48.1 Å². The lowest BCUT2D eigenvalue weighted by Gasteiger charge is -2.11. The molecule has 0 saturated heterocycles. The second-order valence-electron chi connectivity index (χ2n) is 5.54. The maximum atomic E-state index is 4.62. The van der Waals surface area contributed by atoms with Gasteiger partial charge in [-0.2, -0.15) is 5.10 Å². The highest BCUT2D eigenvalue weighted by molar-refractivity contribution is 4.99. The Balaban J connectivity index is 1.81. The number of hydrogen-bond donors (Lipinski definition) is 1. The molecule has 1 aliphatic rings. The molecule has 3 atom stereocenters. The monoisotopic (exact) mass is 235 g/mol. The summed E-state index contributed by atoms with van der Waals surface area (Å²) in [5.74, 6) is 0.894. The average Bonchev–Trinajstić information content (AvgIpc) is 2.94. The molecule has 1 heterocycles. The molecule has 0 spiro atoms. The molecule has 1 fully saturated rings. The summed E-state index contributed by atoms with van der Waals surface area (Å²) in [6.07, 6.45) is 7.26. The van der Waals surface area contributed by atoms with E-state index in [4.69, 9.17) is 0 Å². The summed E-state index contributed by atoms with van der Waals surface area (Å²) in [4.78, 5) is 0. The van der Waals surface area contributed by atoms with Gasteiger partial charge in [0.2, 0.25) is 0 Å². The van der Waals surface area contributed by atoms with Crippen LogP contribution in [-0.4, -0.2) is 15.8 Å². The van der Waals surface area contributed by atoms with E-state index < -0.39 is 0 Å². The molecule has 3 nitrogen and oxygen atoms in total. The van der Waals surface area contributed by atoms with Gasteiger partial charge in [0.25, 0.3) is 0 Å². The third kappa shape index (κ3) is 3.32. The fraction of sp³-hybridized carbons (Fsp3) is 0.786. The van der Waals surface area contributed by atoms with Gasteiger partial charge in [-0.1, -0.05) is 13.8 Å². The summed E-state index contributed by atoms with van der Waals surface area (Å²) >= 11 is 0. The molecule has 1 aliphatic carbocycles. The van der Waals surface area contributed by atoms with E-state index in [1.165, 1.54) is 25.0 Å². The van der Waals surface area contributed by atoms with Gasteiger partial charge in [0.1, 0.15) is 0 Å². The standard InChI is InChI=1S/C14H25N3/c1-4-12(3)17-8-7-14(16-17)10-15-13-6-5-11(2)9-13/h7-8,11-13,15H,4-6,9-10H2,1-3H3. The lowest BCUT2D eigenvalue weighted by atomic mass is 10.1. The Labute approximate surface area is 105 Å². The normalized spacial score (nSPS) is 26.3. The third-order valence-corrected chi connectivity index (χ3v) is 3.97. The Kier molecular flexibility index (Phi) is 4.21. The number of nitrogens with zero attached hydrogens (tertiary/aromatic N) is 2. The Bertz CT molecular complexity index is 345. The van der Waals surface area contributed by atoms with E-state index in [-0.39, 0.29) is 0 Å². The molecule has 1 aromatic rings. The van der Waals surface area contributed by atoms with Crippen molar-refractivity contribution in [3.63, 3.8) is 0 Å². The minimum atomic E-state index is 0.509. The molecule has 0 radical (unpaired) electrons.